The monoisotopic (exact) mass is 480 g/mol. The summed E-state index contributed by atoms with van der Waals surface area (Å²) in [5, 5.41) is 0. The van der Waals surface area contributed by atoms with Crippen LogP contribution in [0.2, 0.25) is 0 Å². The summed E-state index contributed by atoms with van der Waals surface area (Å²) in [6.45, 7) is 4.61. The minimum Gasteiger partial charge on any atom is -0.306 e. The Morgan fingerprint density at radius 3 is 0.735 bits per heavy atom. The molecular formula is C33H69N. The maximum atomic E-state index is 2.50. The molecule has 0 aromatic carbocycles. The maximum Gasteiger partial charge on any atom is 0.00891 e. The third kappa shape index (κ3) is 26.6. The lowest BCUT2D eigenvalue weighted by atomic mass is 9.99. The number of rotatable bonds is 29. The summed E-state index contributed by atoms with van der Waals surface area (Å²) in [6.07, 6.45) is 40.8. The second-order valence-corrected chi connectivity index (χ2v) is 11.7. The fraction of sp³-hybridized carbons (Fsp3) is 1.00. The van der Waals surface area contributed by atoms with Crippen LogP contribution in [0.1, 0.15) is 194 Å². The zero-order valence-electron chi connectivity index (χ0n) is 24.8. The van der Waals surface area contributed by atoms with E-state index in [1.165, 1.54) is 180 Å². The molecule has 0 aliphatic rings. The molecular weight excluding hydrogens is 410 g/mol. The molecule has 0 aromatic heterocycles. The fourth-order valence-electron chi connectivity index (χ4n) is 5.46. The van der Waals surface area contributed by atoms with Gasteiger partial charge in [-0.3, -0.25) is 0 Å². The highest BCUT2D eigenvalue weighted by molar-refractivity contribution is 4.67. The van der Waals surface area contributed by atoms with E-state index in [2.05, 4.69) is 32.8 Å². The van der Waals surface area contributed by atoms with Crippen LogP contribution >= 0.6 is 0 Å². The van der Waals surface area contributed by atoms with Crippen molar-refractivity contribution in [1.29, 1.82) is 0 Å². The highest BCUT2D eigenvalue weighted by Crippen LogP contribution is 2.18. The Kier molecular flexibility index (Phi) is 29.2. The molecule has 0 unspecified atom stereocenters. The summed E-state index contributed by atoms with van der Waals surface area (Å²) >= 11 is 0. The second-order valence-electron chi connectivity index (χ2n) is 11.7. The predicted molar refractivity (Wildman–Crippen MR) is 158 cm³/mol. The average Bonchev–Trinajstić information content (AvgIpc) is 2.83. The average molecular weight is 480 g/mol. The van der Waals surface area contributed by atoms with E-state index >= 15 is 0 Å². The lowest BCUT2D eigenvalue weighted by Crippen LogP contribution is -2.27. The van der Waals surface area contributed by atoms with Crippen molar-refractivity contribution in [3.05, 3.63) is 0 Å². The molecule has 0 atom stereocenters. The third-order valence-corrected chi connectivity index (χ3v) is 8.01. The van der Waals surface area contributed by atoms with E-state index < -0.39 is 0 Å². The Labute approximate surface area is 218 Å². The Morgan fingerprint density at radius 2 is 0.529 bits per heavy atom. The van der Waals surface area contributed by atoms with Crippen LogP contribution in [0.3, 0.4) is 0 Å². The lowest BCUT2D eigenvalue weighted by molar-refractivity contribution is 0.251. The van der Waals surface area contributed by atoms with E-state index in [-0.39, 0.29) is 0 Å². The molecule has 1 nitrogen and oxygen atoms in total. The first kappa shape index (κ1) is 34.0. The van der Waals surface area contributed by atoms with E-state index in [1.807, 2.05) is 0 Å². The van der Waals surface area contributed by atoms with Gasteiger partial charge < -0.3 is 4.90 Å². The molecule has 0 spiro atoms. The smallest absolute Gasteiger partial charge is 0.00891 e. The molecule has 0 aliphatic carbocycles. The molecule has 206 valence electrons. The fourth-order valence-corrected chi connectivity index (χ4v) is 5.46. The first-order valence-corrected chi connectivity index (χ1v) is 16.4. The van der Waals surface area contributed by atoms with Crippen LogP contribution in [0.25, 0.3) is 0 Å². The van der Waals surface area contributed by atoms with Crippen molar-refractivity contribution < 1.29 is 0 Å². The minimum absolute atomic E-state index is 0.820. The molecule has 0 fully saturated rings. The van der Waals surface area contributed by atoms with Crippen molar-refractivity contribution in [3.8, 4) is 0 Å². The highest BCUT2D eigenvalue weighted by atomic mass is 15.1. The van der Waals surface area contributed by atoms with Crippen LogP contribution in [0.4, 0.5) is 0 Å². The van der Waals surface area contributed by atoms with Crippen molar-refractivity contribution in [2.45, 2.75) is 200 Å². The van der Waals surface area contributed by atoms with Gasteiger partial charge in [0.15, 0.2) is 0 Å². The van der Waals surface area contributed by atoms with Crippen molar-refractivity contribution in [2.24, 2.45) is 0 Å². The Morgan fingerprint density at radius 1 is 0.324 bits per heavy atom. The number of nitrogens with zero attached hydrogens (tertiary/aromatic N) is 1. The number of hydrogen-bond donors (Lipinski definition) is 0. The largest absolute Gasteiger partial charge is 0.306 e. The van der Waals surface area contributed by atoms with E-state index in [4.69, 9.17) is 0 Å². The minimum atomic E-state index is 0.820. The van der Waals surface area contributed by atoms with Gasteiger partial charge in [-0.15, -0.1) is 0 Å². The quantitative estimate of drug-likeness (QED) is 0.0964. The molecule has 0 bridgehead atoms. The highest BCUT2D eigenvalue weighted by Gasteiger charge is 2.10. The Balaban J connectivity index is 3.40. The van der Waals surface area contributed by atoms with Gasteiger partial charge in [0.25, 0.3) is 0 Å². The Hall–Kier alpha value is -0.0400. The van der Waals surface area contributed by atoms with Crippen molar-refractivity contribution in [3.63, 3.8) is 0 Å². The van der Waals surface area contributed by atoms with E-state index in [0.29, 0.717) is 0 Å². The van der Waals surface area contributed by atoms with Crippen LogP contribution in [-0.4, -0.2) is 25.0 Å². The van der Waals surface area contributed by atoms with Crippen LogP contribution in [-0.2, 0) is 0 Å². The van der Waals surface area contributed by atoms with Gasteiger partial charge >= 0.3 is 0 Å². The summed E-state index contributed by atoms with van der Waals surface area (Å²) < 4.78 is 0. The van der Waals surface area contributed by atoms with Gasteiger partial charge in [-0.1, -0.05) is 181 Å². The first-order valence-electron chi connectivity index (χ1n) is 16.4. The maximum absolute atomic E-state index is 2.50. The predicted octanol–water partition coefficient (Wildman–Crippen LogP) is 11.9. The zero-order chi connectivity index (χ0) is 25.0. The van der Waals surface area contributed by atoms with Gasteiger partial charge in [-0.05, 0) is 26.9 Å². The molecule has 0 rings (SSSR count). The summed E-state index contributed by atoms with van der Waals surface area (Å²) in [5.74, 6) is 0. The van der Waals surface area contributed by atoms with Gasteiger partial charge in [-0.2, -0.15) is 0 Å². The van der Waals surface area contributed by atoms with Gasteiger partial charge in [0, 0.05) is 6.04 Å². The van der Waals surface area contributed by atoms with Gasteiger partial charge in [-0.25, -0.2) is 0 Å². The van der Waals surface area contributed by atoms with Crippen molar-refractivity contribution >= 4 is 0 Å². The van der Waals surface area contributed by atoms with Crippen molar-refractivity contribution in [2.75, 3.05) is 14.1 Å². The summed E-state index contributed by atoms with van der Waals surface area (Å²) in [5.41, 5.74) is 0. The van der Waals surface area contributed by atoms with E-state index in [1.54, 1.807) is 0 Å². The van der Waals surface area contributed by atoms with Crippen molar-refractivity contribution in [1.82, 2.24) is 4.90 Å². The third-order valence-electron chi connectivity index (χ3n) is 8.01. The first-order chi connectivity index (χ1) is 16.7. The van der Waals surface area contributed by atoms with E-state index in [0.717, 1.165) is 6.04 Å². The molecule has 0 amide bonds. The van der Waals surface area contributed by atoms with Crippen LogP contribution < -0.4 is 0 Å². The van der Waals surface area contributed by atoms with Gasteiger partial charge in [0.05, 0.1) is 0 Å². The van der Waals surface area contributed by atoms with Gasteiger partial charge in [0.1, 0.15) is 0 Å². The molecule has 0 radical (unpaired) electrons. The lowest BCUT2D eigenvalue weighted by Gasteiger charge is -2.24. The molecule has 34 heavy (non-hydrogen) atoms. The zero-order valence-corrected chi connectivity index (χ0v) is 24.8. The molecule has 0 aromatic rings. The van der Waals surface area contributed by atoms with E-state index in [9.17, 15) is 0 Å². The topological polar surface area (TPSA) is 3.24 Å². The molecule has 0 aliphatic heterocycles. The van der Waals surface area contributed by atoms with Crippen LogP contribution in [0.5, 0.6) is 0 Å². The Bertz CT molecular complexity index is 320. The number of unbranched alkanes of at least 4 members (excludes halogenated alkanes) is 24. The molecule has 1 heteroatoms. The molecule has 0 saturated carbocycles. The van der Waals surface area contributed by atoms with Crippen LogP contribution in [0.15, 0.2) is 0 Å². The summed E-state index contributed by atoms with van der Waals surface area (Å²) in [6, 6.07) is 0.820. The standard InChI is InChI=1S/C33H69N/c1-5-7-9-11-13-15-17-19-21-23-25-27-29-31-33(34(3)4)32-30-28-26-24-22-20-18-16-14-12-10-8-6-2/h33H,5-32H2,1-4H3. The molecule has 0 N–H and O–H groups in total. The van der Waals surface area contributed by atoms with Gasteiger partial charge in [0.2, 0.25) is 0 Å². The molecule has 0 saturated heterocycles. The molecule has 0 heterocycles. The SMILES string of the molecule is CCCCCCCCCCCCCCCC(CCCCCCCCCCCCCCC)N(C)C. The normalized spacial score (nSPS) is 11.8. The number of hydrogen-bond acceptors (Lipinski definition) is 1. The summed E-state index contributed by atoms with van der Waals surface area (Å²) in [4.78, 5) is 2.50. The summed E-state index contributed by atoms with van der Waals surface area (Å²) in [7, 11) is 4.60. The van der Waals surface area contributed by atoms with Crippen LogP contribution in [0, 0.1) is 0 Å². The second kappa shape index (κ2) is 29.2.